The van der Waals surface area contributed by atoms with E-state index in [9.17, 15) is 23.5 Å². The highest BCUT2D eigenvalue weighted by molar-refractivity contribution is 5.90. The molecule has 1 aliphatic heterocycles. The van der Waals surface area contributed by atoms with Crippen LogP contribution in [0.2, 0.25) is 0 Å². The number of carboxylic acid groups (broad SMARTS) is 1. The Kier molecular flexibility index (Phi) is 5.38. The molecule has 1 saturated heterocycles. The Morgan fingerprint density at radius 1 is 1.38 bits per heavy atom. The Bertz CT molecular complexity index is 622. The molecule has 1 amide bonds. The summed E-state index contributed by atoms with van der Waals surface area (Å²) in [5.74, 6) is -6.91. The van der Waals surface area contributed by atoms with Gasteiger partial charge in [0.1, 0.15) is 11.8 Å². The molecule has 2 unspecified atom stereocenters. The van der Waals surface area contributed by atoms with Crippen molar-refractivity contribution in [3.05, 3.63) is 29.8 Å². The van der Waals surface area contributed by atoms with E-state index in [0.29, 0.717) is 4.90 Å². The van der Waals surface area contributed by atoms with Gasteiger partial charge in [0.25, 0.3) is 5.91 Å². The Labute approximate surface area is 138 Å². The van der Waals surface area contributed by atoms with E-state index >= 15 is 0 Å². The predicted molar refractivity (Wildman–Crippen MR) is 80.1 cm³/mol. The Morgan fingerprint density at radius 2 is 2.04 bits per heavy atom. The molecule has 132 valence electrons. The number of nitrogens with zero attached hydrogens (tertiary/aromatic N) is 1. The fraction of sp³-hybridized carbons (Fsp3) is 0.500. The highest BCUT2D eigenvalue weighted by Gasteiger charge is 2.51. The van der Waals surface area contributed by atoms with Crippen LogP contribution in [0.4, 0.5) is 8.78 Å². The summed E-state index contributed by atoms with van der Waals surface area (Å²) >= 11 is 0. The Hall–Kier alpha value is -2.22. The monoisotopic (exact) mass is 343 g/mol. The first-order valence-electron chi connectivity index (χ1n) is 7.49. The van der Waals surface area contributed by atoms with Crippen LogP contribution in [0.15, 0.2) is 24.3 Å². The van der Waals surface area contributed by atoms with E-state index in [1.54, 1.807) is 6.92 Å². The summed E-state index contributed by atoms with van der Waals surface area (Å²) in [4.78, 5) is 24.4. The van der Waals surface area contributed by atoms with Crippen LogP contribution >= 0.6 is 0 Å². The molecule has 1 aromatic rings. The molecule has 0 saturated carbocycles. The number of rotatable bonds is 6. The first-order valence-corrected chi connectivity index (χ1v) is 7.49. The van der Waals surface area contributed by atoms with Crippen molar-refractivity contribution in [1.29, 1.82) is 0 Å². The predicted octanol–water partition coefficient (Wildman–Crippen LogP) is 1.88. The van der Waals surface area contributed by atoms with Crippen molar-refractivity contribution in [1.82, 2.24) is 4.90 Å². The minimum atomic E-state index is -3.90. The number of benzene rings is 1. The summed E-state index contributed by atoms with van der Waals surface area (Å²) in [6.45, 7) is 1.61. The number of likely N-dealkylation sites (tertiary alicyclic amines) is 1. The first kappa shape index (κ1) is 18.1. The number of amides is 1. The summed E-state index contributed by atoms with van der Waals surface area (Å²) in [6, 6.07) is 3.99. The average Bonchev–Trinajstić information content (AvgIpc) is 2.99. The van der Waals surface area contributed by atoms with Crippen molar-refractivity contribution >= 4 is 11.9 Å². The van der Waals surface area contributed by atoms with E-state index < -0.39 is 35.5 Å². The lowest BCUT2D eigenvalue weighted by atomic mass is 10.1. The first-order chi connectivity index (χ1) is 11.3. The van der Waals surface area contributed by atoms with Crippen molar-refractivity contribution in [2.45, 2.75) is 31.4 Å². The van der Waals surface area contributed by atoms with Gasteiger partial charge in [-0.3, -0.25) is 4.79 Å². The van der Waals surface area contributed by atoms with E-state index in [1.165, 1.54) is 25.3 Å². The smallest absolute Gasteiger partial charge is 0.353 e. The number of carboxylic acids is 1. The van der Waals surface area contributed by atoms with Gasteiger partial charge in [-0.1, -0.05) is 12.1 Å². The van der Waals surface area contributed by atoms with Gasteiger partial charge in [-0.2, -0.15) is 8.78 Å². The number of hydrogen-bond acceptors (Lipinski definition) is 4. The third-order valence-electron chi connectivity index (χ3n) is 3.94. The number of hydrogen-bond donors (Lipinski definition) is 1. The van der Waals surface area contributed by atoms with E-state index in [0.717, 1.165) is 6.07 Å². The summed E-state index contributed by atoms with van der Waals surface area (Å²) in [5, 5.41) is 9.20. The number of carbonyl (C=O) groups excluding carboxylic acids is 1. The van der Waals surface area contributed by atoms with Gasteiger partial charge in [0.05, 0.1) is 18.3 Å². The molecular weight excluding hydrogens is 324 g/mol. The van der Waals surface area contributed by atoms with Crippen molar-refractivity contribution < 1.29 is 33.0 Å². The van der Waals surface area contributed by atoms with Crippen molar-refractivity contribution in [3.8, 4) is 5.75 Å². The van der Waals surface area contributed by atoms with E-state index in [4.69, 9.17) is 9.47 Å². The molecule has 0 bridgehead atoms. The molecule has 1 aromatic carbocycles. The maximum absolute atomic E-state index is 14.7. The molecule has 0 radical (unpaired) electrons. The Morgan fingerprint density at radius 3 is 2.62 bits per heavy atom. The number of para-hydroxylation sites is 1. The molecule has 1 N–H and O–H groups in total. The zero-order valence-electron chi connectivity index (χ0n) is 13.4. The molecule has 0 spiro atoms. The number of aliphatic carboxylic acids is 1. The fourth-order valence-corrected chi connectivity index (χ4v) is 2.73. The average molecular weight is 343 g/mol. The second kappa shape index (κ2) is 7.12. The van der Waals surface area contributed by atoms with Crippen LogP contribution in [-0.4, -0.2) is 54.3 Å². The van der Waals surface area contributed by atoms with Gasteiger partial charge in [-0.15, -0.1) is 0 Å². The third-order valence-corrected chi connectivity index (χ3v) is 3.94. The normalized spacial score (nSPS) is 20.9. The fourth-order valence-electron chi connectivity index (χ4n) is 2.73. The standard InChI is InChI=1S/C16H19F2NO5/c1-3-24-13-7-5-4-6-11(13)16(17,18)15(22)19-9-10(23-2)8-12(19)14(20)21/h4-7,10,12H,3,8-9H2,1-2H3,(H,20,21). The Balaban J connectivity index is 2.35. The molecule has 6 nitrogen and oxygen atoms in total. The number of carbonyl (C=O) groups is 2. The van der Waals surface area contributed by atoms with Crippen LogP contribution in [0.5, 0.6) is 5.75 Å². The molecule has 2 atom stereocenters. The number of methoxy groups -OCH3 is 1. The zero-order valence-corrected chi connectivity index (χ0v) is 13.4. The second-order valence-electron chi connectivity index (χ2n) is 5.41. The van der Waals surface area contributed by atoms with Crippen LogP contribution in [-0.2, 0) is 20.2 Å². The van der Waals surface area contributed by atoms with Crippen molar-refractivity contribution in [2.75, 3.05) is 20.3 Å². The highest BCUT2D eigenvalue weighted by atomic mass is 19.3. The van der Waals surface area contributed by atoms with Crippen molar-refractivity contribution in [2.24, 2.45) is 0 Å². The minimum Gasteiger partial charge on any atom is -0.493 e. The molecule has 1 fully saturated rings. The number of halogens is 2. The minimum absolute atomic E-state index is 0.0270. The molecule has 24 heavy (non-hydrogen) atoms. The van der Waals surface area contributed by atoms with Crippen LogP contribution < -0.4 is 4.74 Å². The van der Waals surface area contributed by atoms with Gasteiger partial charge >= 0.3 is 11.9 Å². The summed E-state index contributed by atoms with van der Waals surface area (Å²) in [6.07, 6.45) is -0.617. The summed E-state index contributed by atoms with van der Waals surface area (Å²) in [5.41, 5.74) is -0.582. The maximum Gasteiger partial charge on any atom is 0.353 e. The lowest BCUT2D eigenvalue weighted by Gasteiger charge is -2.27. The second-order valence-corrected chi connectivity index (χ2v) is 5.41. The van der Waals surface area contributed by atoms with Crippen LogP contribution in [0.3, 0.4) is 0 Å². The van der Waals surface area contributed by atoms with Crippen LogP contribution in [0.1, 0.15) is 18.9 Å². The molecule has 1 heterocycles. The van der Waals surface area contributed by atoms with E-state index in [2.05, 4.69) is 0 Å². The largest absolute Gasteiger partial charge is 0.493 e. The van der Waals surface area contributed by atoms with Crippen molar-refractivity contribution in [3.63, 3.8) is 0 Å². The topological polar surface area (TPSA) is 76.1 Å². The summed E-state index contributed by atoms with van der Waals surface area (Å²) in [7, 11) is 1.35. The SMILES string of the molecule is CCOc1ccccc1C(F)(F)C(=O)N1CC(OC)CC1C(=O)O. The van der Waals surface area contributed by atoms with Gasteiger partial charge < -0.3 is 19.5 Å². The van der Waals surface area contributed by atoms with Crippen LogP contribution in [0, 0.1) is 0 Å². The van der Waals surface area contributed by atoms with Gasteiger partial charge in [0.2, 0.25) is 0 Å². The molecule has 8 heteroatoms. The lowest BCUT2D eigenvalue weighted by molar-refractivity contribution is -0.165. The number of ether oxygens (including phenoxy) is 2. The highest BCUT2D eigenvalue weighted by Crippen LogP contribution is 2.38. The molecular formula is C16H19F2NO5. The molecule has 1 aliphatic rings. The van der Waals surface area contributed by atoms with Gasteiger partial charge in [0.15, 0.2) is 0 Å². The summed E-state index contributed by atoms with van der Waals surface area (Å²) < 4.78 is 39.7. The number of alkyl halides is 2. The maximum atomic E-state index is 14.7. The van der Waals surface area contributed by atoms with Gasteiger partial charge in [0, 0.05) is 20.1 Å². The van der Waals surface area contributed by atoms with E-state index in [1.807, 2.05) is 0 Å². The molecule has 0 aromatic heterocycles. The zero-order chi connectivity index (χ0) is 17.9. The molecule has 0 aliphatic carbocycles. The molecule has 2 rings (SSSR count). The van der Waals surface area contributed by atoms with E-state index in [-0.39, 0.29) is 25.3 Å². The van der Waals surface area contributed by atoms with Gasteiger partial charge in [-0.25, -0.2) is 4.79 Å². The third kappa shape index (κ3) is 3.33. The van der Waals surface area contributed by atoms with Crippen LogP contribution in [0.25, 0.3) is 0 Å². The lowest BCUT2D eigenvalue weighted by Crippen LogP contribution is -2.47. The van der Waals surface area contributed by atoms with Gasteiger partial charge in [-0.05, 0) is 19.1 Å². The quantitative estimate of drug-likeness (QED) is 0.853.